The van der Waals surface area contributed by atoms with E-state index in [0.29, 0.717) is 19.8 Å². The first-order chi connectivity index (χ1) is 9.74. The second-order valence-corrected chi connectivity index (χ2v) is 5.85. The topological polar surface area (TPSA) is 65.1 Å². The van der Waals surface area contributed by atoms with Crippen molar-refractivity contribution in [1.82, 2.24) is 4.90 Å². The molecule has 6 nitrogen and oxygen atoms in total. The third-order valence-electron chi connectivity index (χ3n) is 2.90. The van der Waals surface area contributed by atoms with E-state index < -0.39 is 17.7 Å². The van der Waals surface area contributed by atoms with Crippen molar-refractivity contribution in [2.75, 3.05) is 19.8 Å². The van der Waals surface area contributed by atoms with Gasteiger partial charge in [-0.1, -0.05) is 6.08 Å². The molecule has 0 aromatic rings. The van der Waals surface area contributed by atoms with Crippen LogP contribution in [-0.2, 0) is 19.0 Å². The molecule has 0 aromatic carbocycles. The lowest BCUT2D eigenvalue weighted by molar-refractivity contribution is -0.137. The largest absolute Gasteiger partial charge is 0.463 e. The van der Waals surface area contributed by atoms with Crippen molar-refractivity contribution in [3.05, 3.63) is 12.2 Å². The van der Waals surface area contributed by atoms with Gasteiger partial charge < -0.3 is 14.2 Å². The molecule has 0 bridgehead atoms. The quantitative estimate of drug-likeness (QED) is 0.590. The van der Waals surface area contributed by atoms with E-state index in [0.717, 1.165) is 0 Å². The number of hydrogen-bond donors (Lipinski definition) is 0. The zero-order valence-corrected chi connectivity index (χ0v) is 13.4. The summed E-state index contributed by atoms with van der Waals surface area (Å²) < 4.78 is 15.8. The fourth-order valence-corrected chi connectivity index (χ4v) is 2.00. The van der Waals surface area contributed by atoms with Gasteiger partial charge in [0.1, 0.15) is 5.60 Å². The fraction of sp³-hybridized carbons (Fsp3) is 0.733. The second kappa shape index (κ2) is 7.45. The van der Waals surface area contributed by atoms with Crippen LogP contribution in [0.15, 0.2) is 12.2 Å². The maximum absolute atomic E-state index is 12.2. The molecule has 0 saturated carbocycles. The molecule has 0 aromatic heterocycles. The number of ether oxygens (including phenoxy) is 3. The van der Waals surface area contributed by atoms with Crippen LogP contribution in [0.2, 0.25) is 0 Å². The Morgan fingerprint density at radius 1 is 1.38 bits per heavy atom. The van der Waals surface area contributed by atoms with Gasteiger partial charge in [-0.25, -0.2) is 9.59 Å². The van der Waals surface area contributed by atoms with E-state index in [-0.39, 0.29) is 12.1 Å². The first-order valence-corrected chi connectivity index (χ1v) is 7.20. The Bertz CT molecular complexity index is 399. The Morgan fingerprint density at radius 3 is 2.62 bits per heavy atom. The zero-order valence-electron chi connectivity index (χ0n) is 13.4. The van der Waals surface area contributed by atoms with Gasteiger partial charge in [0.2, 0.25) is 0 Å². The minimum atomic E-state index is -0.561. The molecule has 6 heteroatoms. The molecule has 1 rings (SSSR count). The van der Waals surface area contributed by atoms with Gasteiger partial charge in [-0.2, -0.15) is 0 Å². The van der Waals surface area contributed by atoms with Crippen LogP contribution in [0.5, 0.6) is 0 Å². The van der Waals surface area contributed by atoms with Crippen LogP contribution in [0.1, 0.15) is 34.6 Å². The lowest BCUT2D eigenvalue weighted by Crippen LogP contribution is -2.53. The monoisotopic (exact) mass is 299 g/mol. The van der Waals surface area contributed by atoms with Crippen LogP contribution < -0.4 is 0 Å². The van der Waals surface area contributed by atoms with Gasteiger partial charge in [-0.3, -0.25) is 4.90 Å². The minimum Gasteiger partial charge on any atom is -0.463 e. The van der Waals surface area contributed by atoms with Crippen molar-refractivity contribution in [2.45, 2.75) is 52.4 Å². The smallest absolute Gasteiger partial charge is 0.410 e. The number of nitrogens with zero attached hydrogens (tertiary/aromatic N) is 1. The lowest BCUT2D eigenvalue weighted by Gasteiger charge is -2.38. The van der Waals surface area contributed by atoms with E-state index >= 15 is 0 Å². The number of hydrogen-bond acceptors (Lipinski definition) is 5. The van der Waals surface area contributed by atoms with Crippen LogP contribution in [0.4, 0.5) is 4.79 Å². The number of rotatable bonds is 3. The summed E-state index contributed by atoms with van der Waals surface area (Å²) in [6.45, 7) is 10.2. The summed E-state index contributed by atoms with van der Waals surface area (Å²) in [6, 6.07) is -0.349. The molecule has 1 aliphatic heterocycles. The minimum absolute atomic E-state index is 0.211. The van der Waals surface area contributed by atoms with Gasteiger partial charge in [0.05, 0.1) is 25.4 Å². The summed E-state index contributed by atoms with van der Waals surface area (Å²) in [7, 11) is 0. The van der Waals surface area contributed by atoms with Gasteiger partial charge in [-0.05, 0) is 34.6 Å². The molecule has 1 aliphatic rings. The number of morpholine rings is 1. The maximum Gasteiger partial charge on any atom is 0.410 e. The highest BCUT2D eigenvalue weighted by Crippen LogP contribution is 2.19. The van der Waals surface area contributed by atoms with Crippen LogP contribution in [-0.4, -0.2) is 54.5 Å². The SMILES string of the molecule is CCOC(=O)C=C[C@H]1[C@H](C)OCCN1C(=O)OC(C)(C)C. The maximum atomic E-state index is 12.2. The molecule has 0 aliphatic carbocycles. The Morgan fingerprint density at radius 2 is 2.05 bits per heavy atom. The number of amides is 1. The van der Waals surface area contributed by atoms with E-state index in [2.05, 4.69) is 0 Å². The summed E-state index contributed by atoms with van der Waals surface area (Å²) in [6.07, 6.45) is 2.34. The van der Waals surface area contributed by atoms with Crippen LogP contribution in [0.25, 0.3) is 0 Å². The molecule has 0 N–H and O–H groups in total. The second-order valence-electron chi connectivity index (χ2n) is 5.85. The van der Waals surface area contributed by atoms with Gasteiger partial charge in [0.15, 0.2) is 0 Å². The predicted molar refractivity (Wildman–Crippen MR) is 77.9 cm³/mol. The summed E-state index contributed by atoms with van der Waals surface area (Å²) in [5, 5.41) is 0. The summed E-state index contributed by atoms with van der Waals surface area (Å²) in [4.78, 5) is 25.2. The highest BCUT2D eigenvalue weighted by Gasteiger charge is 2.33. The molecule has 0 spiro atoms. The van der Waals surface area contributed by atoms with Crippen molar-refractivity contribution in [2.24, 2.45) is 0 Å². The predicted octanol–water partition coefficient (Wildman–Crippen LogP) is 2.13. The van der Waals surface area contributed by atoms with Crippen LogP contribution >= 0.6 is 0 Å². The van der Waals surface area contributed by atoms with Gasteiger partial charge in [0, 0.05) is 12.6 Å². The molecule has 1 saturated heterocycles. The Balaban J connectivity index is 2.79. The normalized spacial score (nSPS) is 23.2. The zero-order chi connectivity index (χ0) is 16.0. The van der Waals surface area contributed by atoms with Crippen molar-refractivity contribution >= 4 is 12.1 Å². The molecular formula is C15H25NO5. The Labute approximate surface area is 126 Å². The van der Waals surface area contributed by atoms with Gasteiger partial charge in [-0.15, -0.1) is 0 Å². The van der Waals surface area contributed by atoms with Gasteiger partial charge in [0.25, 0.3) is 0 Å². The lowest BCUT2D eigenvalue weighted by atomic mass is 10.1. The molecule has 120 valence electrons. The van der Waals surface area contributed by atoms with Crippen LogP contribution in [0, 0.1) is 0 Å². The van der Waals surface area contributed by atoms with Crippen molar-refractivity contribution in [3.63, 3.8) is 0 Å². The average molecular weight is 299 g/mol. The molecule has 1 fully saturated rings. The van der Waals surface area contributed by atoms with E-state index in [4.69, 9.17) is 14.2 Å². The number of esters is 1. The van der Waals surface area contributed by atoms with E-state index in [1.54, 1.807) is 17.9 Å². The van der Waals surface area contributed by atoms with Crippen LogP contribution in [0.3, 0.4) is 0 Å². The van der Waals surface area contributed by atoms with Gasteiger partial charge >= 0.3 is 12.1 Å². The third-order valence-corrected chi connectivity index (χ3v) is 2.90. The highest BCUT2D eigenvalue weighted by molar-refractivity contribution is 5.82. The molecule has 21 heavy (non-hydrogen) atoms. The highest BCUT2D eigenvalue weighted by atomic mass is 16.6. The fourth-order valence-electron chi connectivity index (χ4n) is 2.00. The van der Waals surface area contributed by atoms with E-state index in [1.165, 1.54) is 6.08 Å². The first kappa shape index (κ1) is 17.5. The summed E-state index contributed by atoms with van der Waals surface area (Å²) in [5.74, 6) is -0.431. The molecule has 0 unspecified atom stereocenters. The molecule has 1 amide bonds. The van der Waals surface area contributed by atoms with Crippen molar-refractivity contribution in [1.29, 1.82) is 0 Å². The van der Waals surface area contributed by atoms with E-state index in [1.807, 2.05) is 27.7 Å². The average Bonchev–Trinajstić information content (AvgIpc) is 2.35. The van der Waals surface area contributed by atoms with Crippen molar-refractivity contribution in [3.8, 4) is 0 Å². The van der Waals surface area contributed by atoms with Crippen molar-refractivity contribution < 1.29 is 23.8 Å². The summed E-state index contributed by atoms with van der Waals surface area (Å²) in [5.41, 5.74) is -0.561. The number of carbonyl (C=O) groups is 2. The molecule has 0 radical (unpaired) electrons. The molecule has 2 atom stereocenters. The first-order valence-electron chi connectivity index (χ1n) is 7.20. The third kappa shape index (κ3) is 5.75. The van der Waals surface area contributed by atoms with E-state index in [9.17, 15) is 9.59 Å². The summed E-state index contributed by atoms with van der Waals surface area (Å²) >= 11 is 0. The number of carbonyl (C=O) groups excluding carboxylic acids is 2. The molecular weight excluding hydrogens is 274 g/mol. The standard InChI is InChI=1S/C15H25NO5/c1-6-19-13(17)8-7-12-11(2)20-10-9-16(12)14(18)21-15(3,4)5/h7-8,11-12H,6,9-10H2,1-5H3/t11-,12-/m0/s1. The molecule has 1 heterocycles. The Hall–Kier alpha value is -1.56. The Kier molecular flexibility index (Phi) is 6.20.